The highest BCUT2D eigenvalue weighted by Gasteiger charge is 2.30. The third-order valence-corrected chi connectivity index (χ3v) is 7.66. The highest BCUT2D eigenvalue weighted by Crippen LogP contribution is 2.32. The van der Waals surface area contributed by atoms with Gasteiger partial charge < -0.3 is 14.6 Å². The number of hydrogen-bond donors (Lipinski definition) is 1. The van der Waals surface area contributed by atoms with Crippen LogP contribution in [0.15, 0.2) is 68.8 Å². The monoisotopic (exact) mass is 404 g/mol. The van der Waals surface area contributed by atoms with E-state index in [9.17, 15) is 13.2 Å². The molecule has 3 aromatic rings. The van der Waals surface area contributed by atoms with Crippen LogP contribution in [0.1, 0.15) is 21.4 Å². The van der Waals surface area contributed by atoms with E-state index in [1.165, 1.54) is 23.7 Å². The molecule has 0 spiro atoms. The van der Waals surface area contributed by atoms with Crippen molar-refractivity contribution in [2.24, 2.45) is 0 Å². The van der Waals surface area contributed by atoms with Gasteiger partial charge in [-0.2, -0.15) is 0 Å². The van der Waals surface area contributed by atoms with Gasteiger partial charge in [-0.05, 0) is 41.3 Å². The van der Waals surface area contributed by atoms with Crippen molar-refractivity contribution in [1.82, 2.24) is 5.32 Å². The summed E-state index contributed by atoms with van der Waals surface area (Å²) in [6.45, 7) is -0.0545. The Labute approximate surface area is 162 Å². The maximum atomic E-state index is 13.1. The molecule has 0 saturated heterocycles. The van der Waals surface area contributed by atoms with E-state index in [-0.39, 0.29) is 16.5 Å². The lowest BCUT2D eigenvalue weighted by Crippen LogP contribution is -2.31. The molecule has 0 unspecified atom stereocenters. The first kappa shape index (κ1) is 19.2. The molecule has 3 rings (SSSR count). The van der Waals surface area contributed by atoms with E-state index in [1.807, 2.05) is 31.1 Å². The molecule has 1 N–H and O–H groups in total. The number of nitrogens with zero attached hydrogens (tertiary/aromatic N) is 1. The number of thiophene rings is 1. The summed E-state index contributed by atoms with van der Waals surface area (Å²) in [5.74, 6) is -0.304. The average Bonchev–Trinajstić information content (AvgIpc) is 3.36. The number of hydrogen-bond acceptors (Lipinski definition) is 6. The van der Waals surface area contributed by atoms with Crippen molar-refractivity contribution in [3.05, 3.63) is 71.5 Å². The van der Waals surface area contributed by atoms with E-state index in [1.54, 1.807) is 35.7 Å². The van der Waals surface area contributed by atoms with E-state index < -0.39 is 21.0 Å². The third-order valence-electron chi connectivity index (χ3n) is 4.12. The molecule has 142 valence electrons. The molecule has 0 fully saturated rings. The van der Waals surface area contributed by atoms with Gasteiger partial charge in [0.25, 0.3) is 5.91 Å². The van der Waals surface area contributed by atoms with Crippen LogP contribution in [0.25, 0.3) is 0 Å². The molecule has 8 heteroatoms. The lowest BCUT2D eigenvalue weighted by Gasteiger charge is -2.19. The zero-order valence-corrected chi connectivity index (χ0v) is 16.6. The Kier molecular flexibility index (Phi) is 5.67. The second-order valence-corrected chi connectivity index (χ2v) is 9.44. The van der Waals surface area contributed by atoms with Crippen LogP contribution in [0.3, 0.4) is 0 Å². The van der Waals surface area contributed by atoms with Crippen LogP contribution in [0.2, 0.25) is 0 Å². The molecular formula is C19H20N2O4S2. The molecule has 0 bridgehead atoms. The largest absolute Gasteiger partial charge is 0.459 e. The minimum absolute atomic E-state index is 0.0545. The van der Waals surface area contributed by atoms with E-state index in [0.29, 0.717) is 5.56 Å². The topological polar surface area (TPSA) is 79.6 Å². The van der Waals surface area contributed by atoms with Gasteiger partial charge >= 0.3 is 0 Å². The fraction of sp³-hybridized carbons (Fsp3) is 0.211. The predicted molar refractivity (Wildman–Crippen MR) is 106 cm³/mol. The zero-order valence-electron chi connectivity index (χ0n) is 15.0. The van der Waals surface area contributed by atoms with Crippen LogP contribution in [0, 0.1) is 0 Å². The first-order valence-electron chi connectivity index (χ1n) is 8.26. The highest BCUT2D eigenvalue weighted by atomic mass is 32.2. The summed E-state index contributed by atoms with van der Waals surface area (Å²) in [5, 5.41) is 3.50. The number of sulfone groups is 1. The lowest BCUT2D eigenvalue weighted by atomic mass is 10.1. The Balaban J connectivity index is 1.90. The number of rotatable bonds is 7. The van der Waals surface area contributed by atoms with Crippen LogP contribution in [-0.4, -0.2) is 35.0 Å². The maximum Gasteiger partial charge on any atom is 0.287 e. The summed E-state index contributed by atoms with van der Waals surface area (Å²) in [6.07, 6.45) is 1.40. The molecule has 1 atom stereocenters. The Morgan fingerprint density at radius 1 is 1.15 bits per heavy atom. The number of anilines is 1. The summed E-state index contributed by atoms with van der Waals surface area (Å²) >= 11 is 1.17. The smallest absolute Gasteiger partial charge is 0.287 e. The molecule has 1 amide bonds. The van der Waals surface area contributed by atoms with Gasteiger partial charge in [0, 0.05) is 26.3 Å². The summed E-state index contributed by atoms with van der Waals surface area (Å²) in [5.41, 5.74) is 1.58. The zero-order chi connectivity index (χ0) is 19.4. The molecule has 0 saturated carbocycles. The highest BCUT2D eigenvalue weighted by molar-refractivity contribution is 7.93. The number of carbonyl (C=O) groups excluding carboxylic acids is 1. The Morgan fingerprint density at radius 3 is 2.44 bits per heavy atom. The normalized spacial score (nSPS) is 12.5. The molecular weight excluding hydrogens is 384 g/mol. The van der Waals surface area contributed by atoms with Crippen molar-refractivity contribution < 1.29 is 17.6 Å². The predicted octanol–water partition coefficient (Wildman–Crippen LogP) is 3.35. The number of furan rings is 1. The van der Waals surface area contributed by atoms with Gasteiger partial charge in [0.1, 0.15) is 9.46 Å². The van der Waals surface area contributed by atoms with Crippen molar-refractivity contribution in [2.75, 3.05) is 25.5 Å². The molecule has 0 aliphatic rings. The molecule has 2 aromatic heterocycles. The molecule has 2 heterocycles. The Hall–Kier alpha value is -2.58. The van der Waals surface area contributed by atoms with Crippen molar-refractivity contribution in [3.63, 3.8) is 0 Å². The van der Waals surface area contributed by atoms with Crippen molar-refractivity contribution in [2.45, 2.75) is 9.46 Å². The summed E-state index contributed by atoms with van der Waals surface area (Å²) in [7, 11) is 0.181. The Bertz CT molecular complexity index is 977. The number of benzene rings is 1. The van der Waals surface area contributed by atoms with Crippen LogP contribution >= 0.6 is 11.3 Å². The van der Waals surface area contributed by atoms with Gasteiger partial charge in [0.05, 0.1) is 6.26 Å². The number of nitrogens with one attached hydrogen (secondary N) is 1. The molecule has 1 aromatic carbocycles. The minimum Gasteiger partial charge on any atom is -0.459 e. The van der Waals surface area contributed by atoms with Gasteiger partial charge in [0.15, 0.2) is 15.6 Å². The second-order valence-electron chi connectivity index (χ2n) is 6.14. The van der Waals surface area contributed by atoms with Crippen LogP contribution in [0.5, 0.6) is 0 Å². The molecule has 0 radical (unpaired) electrons. The van der Waals surface area contributed by atoms with Gasteiger partial charge in [-0.1, -0.05) is 18.2 Å². The Morgan fingerprint density at radius 2 is 1.89 bits per heavy atom. The summed E-state index contributed by atoms with van der Waals surface area (Å²) in [6, 6.07) is 13.7. The van der Waals surface area contributed by atoms with E-state index in [4.69, 9.17) is 4.42 Å². The van der Waals surface area contributed by atoms with Crippen LogP contribution in [0.4, 0.5) is 5.69 Å². The summed E-state index contributed by atoms with van der Waals surface area (Å²) in [4.78, 5) is 14.1. The number of amides is 1. The van der Waals surface area contributed by atoms with Gasteiger partial charge in [0.2, 0.25) is 0 Å². The fourth-order valence-corrected chi connectivity index (χ4v) is 5.51. The van der Waals surface area contributed by atoms with E-state index in [2.05, 4.69) is 5.32 Å². The van der Waals surface area contributed by atoms with Gasteiger partial charge in [-0.25, -0.2) is 8.42 Å². The van der Waals surface area contributed by atoms with Crippen molar-refractivity contribution >= 4 is 32.8 Å². The van der Waals surface area contributed by atoms with E-state index in [0.717, 1.165) is 5.69 Å². The van der Waals surface area contributed by atoms with Crippen LogP contribution < -0.4 is 10.2 Å². The molecule has 27 heavy (non-hydrogen) atoms. The van der Waals surface area contributed by atoms with Crippen molar-refractivity contribution in [1.29, 1.82) is 0 Å². The lowest BCUT2D eigenvalue weighted by molar-refractivity contribution is 0.0926. The van der Waals surface area contributed by atoms with Crippen LogP contribution in [-0.2, 0) is 9.84 Å². The maximum absolute atomic E-state index is 13.1. The standard InChI is InChI=1S/C19H20N2O4S2/c1-21(2)15-9-7-14(8-10-15)17(27(23,24)18-6-4-12-26-18)13-20-19(22)16-5-3-11-25-16/h3-12,17H,13H2,1-2H3,(H,20,22)/t17-/m1/s1. The molecule has 0 aliphatic carbocycles. The van der Waals surface area contributed by atoms with Gasteiger partial charge in [-0.3, -0.25) is 4.79 Å². The molecule has 6 nitrogen and oxygen atoms in total. The SMILES string of the molecule is CN(C)c1ccc([C@@H](CNC(=O)c2ccco2)S(=O)(=O)c2cccs2)cc1. The number of carbonyl (C=O) groups is 1. The minimum atomic E-state index is -3.65. The summed E-state index contributed by atoms with van der Waals surface area (Å²) < 4.78 is 31.6. The van der Waals surface area contributed by atoms with Gasteiger partial charge in [-0.15, -0.1) is 11.3 Å². The fourth-order valence-electron chi connectivity index (χ4n) is 2.64. The third kappa shape index (κ3) is 4.23. The first-order valence-corrected chi connectivity index (χ1v) is 10.7. The average molecular weight is 405 g/mol. The van der Waals surface area contributed by atoms with Crippen molar-refractivity contribution in [3.8, 4) is 0 Å². The first-order chi connectivity index (χ1) is 12.9. The molecule has 0 aliphatic heterocycles. The van der Waals surface area contributed by atoms with E-state index >= 15 is 0 Å². The second kappa shape index (κ2) is 7.98. The quantitative estimate of drug-likeness (QED) is 0.653.